The summed E-state index contributed by atoms with van der Waals surface area (Å²) in [7, 11) is -0.665. The number of rotatable bonds is 6. The second-order valence-corrected chi connectivity index (χ2v) is 9.07. The predicted molar refractivity (Wildman–Crippen MR) is 97.4 cm³/mol. The quantitative estimate of drug-likeness (QED) is 0.708. The summed E-state index contributed by atoms with van der Waals surface area (Å²) in [6.45, 7) is 3.96. The first-order chi connectivity index (χ1) is 12.6. The molecule has 0 N–H and O–H groups in total. The van der Waals surface area contributed by atoms with Gasteiger partial charge in [-0.1, -0.05) is 0 Å². The van der Waals surface area contributed by atoms with Gasteiger partial charge in [0.25, 0.3) is 0 Å². The van der Waals surface area contributed by atoms with Crippen LogP contribution in [0.3, 0.4) is 0 Å². The van der Waals surface area contributed by atoms with Crippen LogP contribution in [-0.2, 0) is 37.3 Å². The summed E-state index contributed by atoms with van der Waals surface area (Å²) >= 11 is 0. The van der Waals surface area contributed by atoms with Gasteiger partial charge in [-0.25, -0.2) is 8.42 Å². The van der Waals surface area contributed by atoms with Gasteiger partial charge in [-0.05, 0) is 43.5 Å². The Morgan fingerprint density at radius 2 is 1.85 bits per heavy atom. The van der Waals surface area contributed by atoms with Crippen LogP contribution in [0.5, 0.6) is 11.5 Å². The van der Waals surface area contributed by atoms with Crippen molar-refractivity contribution in [3.63, 3.8) is 0 Å². The minimum absolute atomic E-state index is 0.0706. The highest BCUT2D eigenvalue weighted by Gasteiger charge is 2.39. The third kappa shape index (κ3) is 4.26. The van der Waals surface area contributed by atoms with Crippen molar-refractivity contribution < 1.29 is 32.2 Å². The van der Waals surface area contributed by atoms with Gasteiger partial charge in [0, 0.05) is 13.1 Å². The van der Waals surface area contributed by atoms with Crippen molar-refractivity contribution in [2.75, 3.05) is 33.1 Å². The number of hydrogen-bond acceptors (Lipinski definition) is 7. The van der Waals surface area contributed by atoms with Crippen LogP contribution in [0.25, 0.3) is 0 Å². The number of fused-ring (bicyclic) bond motifs is 1. The van der Waals surface area contributed by atoms with Crippen LogP contribution in [0.15, 0.2) is 12.1 Å². The average Bonchev–Trinajstić information content (AvgIpc) is 2.99. The lowest BCUT2D eigenvalue weighted by Crippen LogP contribution is -2.41. The highest BCUT2D eigenvalue weighted by molar-refractivity contribution is 7.89. The van der Waals surface area contributed by atoms with E-state index in [9.17, 15) is 13.2 Å². The molecule has 2 aliphatic rings. The van der Waals surface area contributed by atoms with E-state index in [2.05, 4.69) is 0 Å². The number of ketones is 1. The highest BCUT2D eigenvalue weighted by Crippen LogP contribution is 2.34. The molecule has 27 heavy (non-hydrogen) atoms. The van der Waals surface area contributed by atoms with E-state index >= 15 is 0 Å². The minimum Gasteiger partial charge on any atom is -0.493 e. The number of ether oxygens (including phenoxy) is 4. The largest absolute Gasteiger partial charge is 0.493 e. The Kier molecular flexibility index (Phi) is 5.49. The van der Waals surface area contributed by atoms with Gasteiger partial charge in [0.05, 0.1) is 20.8 Å². The van der Waals surface area contributed by atoms with E-state index in [0.717, 1.165) is 11.1 Å². The first-order valence-corrected chi connectivity index (χ1v) is 10.3. The molecule has 1 aromatic carbocycles. The zero-order chi connectivity index (χ0) is 19.8. The molecule has 150 valence electrons. The monoisotopic (exact) mass is 399 g/mol. The van der Waals surface area contributed by atoms with Crippen molar-refractivity contribution in [1.82, 2.24) is 4.31 Å². The molecule has 0 bridgehead atoms. The van der Waals surface area contributed by atoms with Crippen molar-refractivity contribution in [3.8, 4) is 11.5 Å². The molecule has 2 aliphatic heterocycles. The van der Waals surface area contributed by atoms with E-state index in [-0.39, 0.29) is 13.2 Å². The third-order valence-electron chi connectivity index (χ3n) is 4.77. The molecule has 0 aliphatic carbocycles. The minimum atomic E-state index is -3.76. The molecule has 2 heterocycles. The van der Waals surface area contributed by atoms with E-state index in [1.807, 2.05) is 6.07 Å². The summed E-state index contributed by atoms with van der Waals surface area (Å²) in [5, 5.41) is 0. The molecule has 0 saturated carbocycles. The lowest BCUT2D eigenvalue weighted by molar-refractivity contribution is -0.150. The van der Waals surface area contributed by atoms with E-state index in [4.69, 9.17) is 18.9 Å². The molecular formula is C18H25NO7S. The van der Waals surface area contributed by atoms with Gasteiger partial charge in [-0.15, -0.1) is 0 Å². The number of carbonyl (C=O) groups is 1. The first kappa shape index (κ1) is 20.1. The normalized spacial score (nSPS) is 22.3. The molecule has 1 fully saturated rings. The second kappa shape index (κ2) is 7.38. The Labute approximate surface area is 159 Å². The van der Waals surface area contributed by atoms with Crippen LogP contribution in [0.1, 0.15) is 25.0 Å². The molecule has 3 rings (SSSR count). The number of nitrogens with zero attached hydrogens (tertiary/aromatic N) is 1. The number of Topliss-reactive ketones (excluding diaryl/α,β-unsaturated/α-hetero) is 1. The van der Waals surface area contributed by atoms with Crippen molar-refractivity contribution in [2.24, 2.45) is 0 Å². The molecule has 8 nitrogen and oxygen atoms in total. The summed E-state index contributed by atoms with van der Waals surface area (Å²) in [6.07, 6.45) is -0.310. The van der Waals surface area contributed by atoms with Crippen molar-refractivity contribution in [1.29, 1.82) is 0 Å². The summed E-state index contributed by atoms with van der Waals surface area (Å²) < 4.78 is 48.3. The Morgan fingerprint density at radius 1 is 1.22 bits per heavy atom. The maximum Gasteiger partial charge on any atom is 0.221 e. The van der Waals surface area contributed by atoms with Crippen LogP contribution in [-0.4, -0.2) is 63.5 Å². The second-order valence-electron chi connectivity index (χ2n) is 7.10. The SMILES string of the molecule is COc1cc2c(cc1OC)CN(S(=O)(=O)CC(=O)[C@@H]1COC(C)(C)O1)CC2. The summed E-state index contributed by atoms with van der Waals surface area (Å²) in [6, 6.07) is 3.66. The average molecular weight is 399 g/mol. The molecular weight excluding hydrogens is 374 g/mol. The van der Waals surface area contributed by atoms with Crippen molar-refractivity contribution in [2.45, 2.75) is 38.7 Å². The van der Waals surface area contributed by atoms with Crippen LogP contribution >= 0.6 is 0 Å². The third-order valence-corrected chi connectivity index (χ3v) is 6.52. The summed E-state index contributed by atoms with van der Waals surface area (Å²) in [5.41, 5.74) is 1.86. The Hall–Kier alpha value is -1.68. The van der Waals surface area contributed by atoms with Gasteiger partial charge in [0.2, 0.25) is 10.0 Å². The topological polar surface area (TPSA) is 91.4 Å². The van der Waals surface area contributed by atoms with Crippen LogP contribution in [0.4, 0.5) is 0 Å². The van der Waals surface area contributed by atoms with Crippen LogP contribution in [0.2, 0.25) is 0 Å². The molecule has 0 radical (unpaired) electrons. The van der Waals surface area contributed by atoms with E-state index in [1.54, 1.807) is 27.0 Å². The maximum atomic E-state index is 12.8. The first-order valence-electron chi connectivity index (χ1n) is 8.71. The number of methoxy groups -OCH3 is 2. The summed E-state index contributed by atoms with van der Waals surface area (Å²) in [5.74, 6) is -0.795. The molecule has 0 amide bonds. The fourth-order valence-electron chi connectivity index (χ4n) is 3.30. The highest BCUT2D eigenvalue weighted by atomic mass is 32.2. The number of sulfonamides is 1. The Morgan fingerprint density at radius 3 is 2.41 bits per heavy atom. The van der Waals surface area contributed by atoms with E-state index in [1.165, 1.54) is 11.4 Å². The smallest absolute Gasteiger partial charge is 0.221 e. The fourth-order valence-corrected chi connectivity index (χ4v) is 4.74. The number of benzene rings is 1. The Bertz CT molecular complexity index is 834. The molecule has 0 unspecified atom stereocenters. The van der Waals surface area contributed by atoms with Crippen molar-refractivity contribution in [3.05, 3.63) is 23.3 Å². The lowest BCUT2D eigenvalue weighted by Gasteiger charge is -2.29. The van der Waals surface area contributed by atoms with Crippen LogP contribution in [0, 0.1) is 0 Å². The standard InChI is InChI=1S/C18H25NO7S/c1-18(2)25-10-17(26-18)14(20)11-27(21,22)19-6-5-12-7-15(23-3)16(24-4)8-13(12)9-19/h7-8,17H,5-6,9-11H2,1-4H3/t17-/m0/s1. The maximum absolute atomic E-state index is 12.8. The van der Waals surface area contributed by atoms with Gasteiger partial charge in [-0.2, -0.15) is 4.31 Å². The van der Waals surface area contributed by atoms with E-state index < -0.39 is 33.5 Å². The van der Waals surface area contributed by atoms with E-state index in [0.29, 0.717) is 24.5 Å². The fraction of sp³-hybridized carbons (Fsp3) is 0.611. The van der Waals surface area contributed by atoms with Gasteiger partial charge in [-0.3, -0.25) is 4.79 Å². The molecule has 1 atom stereocenters. The molecule has 0 aromatic heterocycles. The van der Waals surface area contributed by atoms with Crippen LogP contribution < -0.4 is 9.47 Å². The molecule has 1 saturated heterocycles. The molecule has 1 aromatic rings. The lowest BCUT2D eigenvalue weighted by atomic mass is 10.0. The summed E-state index contributed by atoms with van der Waals surface area (Å²) in [4.78, 5) is 12.4. The Balaban J connectivity index is 1.73. The zero-order valence-electron chi connectivity index (χ0n) is 16.0. The number of carbonyl (C=O) groups excluding carboxylic acids is 1. The van der Waals surface area contributed by atoms with Gasteiger partial charge >= 0.3 is 0 Å². The molecule has 9 heteroatoms. The van der Waals surface area contributed by atoms with Crippen molar-refractivity contribution >= 4 is 15.8 Å². The van der Waals surface area contributed by atoms with Gasteiger partial charge in [0.15, 0.2) is 23.1 Å². The van der Waals surface area contributed by atoms with Gasteiger partial charge < -0.3 is 18.9 Å². The molecule has 0 spiro atoms. The number of hydrogen-bond donors (Lipinski definition) is 0. The van der Waals surface area contributed by atoms with Gasteiger partial charge in [0.1, 0.15) is 11.9 Å². The predicted octanol–water partition coefficient (Wildman–Crippen LogP) is 1.11. The zero-order valence-corrected chi connectivity index (χ0v) is 16.8.